The van der Waals surface area contributed by atoms with Gasteiger partial charge in [0.05, 0.1) is 19.1 Å². The molecular weight excluding hydrogens is 249 g/mol. The highest BCUT2D eigenvalue weighted by Gasteiger charge is 2.20. The van der Waals surface area contributed by atoms with Crippen molar-refractivity contribution in [3.8, 4) is 0 Å². The summed E-state index contributed by atoms with van der Waals surface area (Å²) in [6.07, 6.45) is 0.958. The van der Waals surface area contributed by atoms with E-state index < -0.39 is 28.4 Å². The first-order valence-corrected chi connectivity index (χ1v) is 6.49. The van der Waals surface area contributed by atoms with Gasteiger partial charge >= 0.3 is 5.97 Å². The zero-order valence-electron chi connectivity index (χ0n) is 9.38. The Morgan fingerprint density at radius 1 is 1.35 bits per heavy atom. The lowest BCUT2D eigenvalue weighted by atomic mass is 10.3. The number of carbonyl (C=O) groups is 1. The number of anilines is 1. The molecule has 0 bridgehead atoms. The minimum Gasteiger partial charge on any atom is -0.468 e. The zero-order valence-corrected chi connectivity index (χ0v) is 10.2. The zero-order chi connectivity index (χ0) is 13.1. The number of methoxy groups -OCH3 is 1. The Morgan fingerprint density at radius 2 is 1.88 bits per heavy atom. The van der Waals surface area contributed by atoms with Gasteiger partial charge in [-0.05, 0) is 24.3 Å². The average molecular weight is 261 g/mol. The van der Waals surface area contributed by atoms with Gasteiger partial charge < -0.3 is 4.74 Å². The standard InChI is InChI=1S/C10H12FNO4S/c1-16-10(13)7-12(17(2,14)15)9-5-3-8(11)4-6-9/h3-6H,7H2,1-2H3. The maximum absolute atomic E-state index is 12.7. The van der Waals surface area contributed by atoms with Crippen LogP contribution in [0.3, 0.4) is 0 Å². The molecule has 1 aromatic carbocycles. The number of halogens is 1. The SMILES string of the molecule is COC(=O)CN(c1ccc(F)cc1)S(C)(=O)=O. The largest absolute Gasteiger partial charge is 0.468 e. The molecule has 94 valence electrons. The fourth-order valence-electron chi connectivity index (χ4n) is 1.19. The van der Waals surface area contributed by atoms with Crippen molar-refractivity contribution in [1.29, 1.82) is 0 Å². The number of esters is 1. The smallest absolute Gasteiger partial charge is 0.326 e. The number of hydrogen-bond acceptors (Lipinski definition) is 4. The van der Waals surface area contributed by atoms with Gasteiger partial charge in [0.2, 0.25) is 10.0 Å². The van der Waals surface area contributed by atoms with Crippen LogP contribution < -0.4 is 4.31 Å². The van der Waals surface area contributed by atoms with Crippen LogP contribution in [0.4, 0.5) is 10.1 Å². The number of ether oxygens (including phenoxy) is 1. The summed E-state index contributed by atoms with van der Waals surface area (Å²) >= 11 is 0. The van der Waals surface area contributed by atoms with E-state index in [2.05, 4.69) is 4.74 Å². The van der Waals surface area contributed by atoms with E-state index in [1.165, 1.54) is 12.1 Å². The molecule has 5 nitrogen and oxygen atoms in total. The van der Waals surface area contributed by atoms with E-state index >= 15 is 0 Å². The van der Waals surface area contributed by atoms with Gasteiger partial charge in [-0.2, -0.15) is 0 Å². The van der Waals surface area contributed by atoms with E-state index in [9.17, 15) is 17.6 Å². The van der Waals surface area contributed by atoms with Crippen LogP contribution in [0.5, 0.6) is 0 Å². The molecule has 1 rings (SSSR count). The Labute approximate surface area is 98.9 Å². The third-order valence-electron chi connectivity index (χ3n) is 2.02. The van der Waals surface area contributed by atoms with Crippen molar-refractivity contribution in [1.82, 2.24) is 0 Å². The molecule has 0 aromatic heterocycles. The van der Waals surface area contributed by atoms with Gasteiger partial charge in [0.15, 0.2) is 0 Å². The summed E-state index contributed by atoms with van der Waals surface area (Å²) in [6.45, 7) is -0.443. The molecule has 0 saturated heterocycles. The summed E-state index contributed by atoms with van der Waals surface area (Å²) in [5, 5.41) is 0. The number of benzene rings is 1. The molecule has 0 spiro atoms. The number of rotatable bonds is 4. The maximum atomic E-state index is 12.7. The minimum atomic E-state index is -3.63. The molecule has 0 N–H and O–H groups in total. The van der Waals surface area contributed by atoms with Crippen molar-refractivity contribution in [2.24, 2.45) is 0 Å². The summed E-state index contributed by atoms with van der Waals surface area (Å²) in [4.78, 5) is 11.1. The van der Waals surface area contributed by atoms with Crippen molar-refractivity contribution in [3.05, 3.63) is 30.1 Å². The number of carbonyl (C=O) groups excluding carboxylic acids is 1. The van der Waals surface area contributed by atoms with Crippen molar-refractivity contribution < 1.29 is 22.3 Å². The first-order chi connectivity index (χ1) is 7.84. The monoisotopic (exact) mass is 261 g/mol. The molecule has 0 aliphatic rings. The van der Waals surface area contributed by atoms with E-state index in [-0.39, 0.29) is 5.69 Å². The molecular formula is C10H12FNO4S. The highest BCUT2D eigenvalue weighted by molar-refractivity contribution is 7.92. The van der Waals surface area contributed by atoms with E-state index in [0.717, 1.165) is 29.8 Å². The molecule has 0 unspecified atom stereocenters. The van der Waals surface area contributed by atoms with Crippen molar-refractivity contribution >= 4 is 21.7 Å². The molecule has 0 atom stereocenters. The molecule has 0 amide bonds. The quantitative estimate of drug-likeness (QED) is 0.751. The number of sulfonamides is 1. The van der Waals surface area contributed by atoms with E-state index in [1.807, 2.05) is 0 Å². The Balaban J connectivity index is 3.07. The summed E-state index contributed by atoms with van der Waals surface area (Å²) < 4.78 is 40.9. The third-order valence-corrected chi connectivity index (χ3v) is 3.16. The van der Waals surface area contributed by atoms with Crippen LogP contribution in [0, 0.1) is 5.82 Å². The van der Waals surface area contributed by atoms with Crippen LogP contribution in [-0.2, 0) is 19.6 Å². The molecule has 0 aliphatic heterocycles. The third kappa shape index (κ3) is 3.70. The number of nitrogens with zero attached hydrogens (tertiary/aromatic N) is 1. The van der Waals surface area contributed by atoms with Crippen LogP contribution in [0.1, 0.15) is 0 Å². The molecule has 7 heteroatoms. The van der Waals surface area contributed by atoms with Crippen molar-refractivity contribution in [2.45, 2.75) is 0 Å². The second-order valence-electron chi connectivity index (χ2n) is 3.32. The normalized spacial score (nSPS) is 11.0. The van der Waals surface area contributed by atoms with Gasteiger partial charge in [-0.15, -0.1) is 0 Å². The fraction of sp³-hybridized carbons (Fsp3) is 0.300. The van der Waals surface area contributed by atoms with Gasteiger partial charge in [-0.3, -0.25) is 9.10 Å². The lowest BCUT2D eigenvalue weighted by Gasteiger charge is -2.20. The van der Waals surface area contributed by atoms with Crippen molar-refractivity contribution in [2.75, 3.05) is 24.2 Å². The maximum Gasteiger partial charge on any atom is 0.326 e. The lowest BCUT2D eigenvalue weighted by molar-refractivity contribution is -0.138. The predicted octanol–water partition coefficient (Wildman–Crippen LogP) is 0.765. The highest BCUT2D eigenvalue weighted by Crippen LogP contribution is 2.17. The molecule has 0 aliphatic carbocycles. The van der Waals surface area contributed by atoms with Crippen LogP contribution in [0.15, 0.2) is 24.3 Å². The molecule has 0 saturated carbocycles. The van der Waals surface area contributed by atoms with E-state index in [0.29, 0.717) is 0 Å². The average Bonchev–Trinajstić information content (AvgIpc) is 2.25. The Hall–Kier alpha value is -1.63. The summed E-state index contributed by atoms with van der Waals surface area (Å²) in [5.41, 5.74) is 0.208. The lowest BCUT2D eigenvalue weighted by Crippen LogP contribution is -2.35. The highest BCUT2D eigenvalue weighted by atomic mass is 32.2. The summed E-state index contributed by atoms with van der Waals surface area (Å²) in [6, 6.07) is 4.79. The van der Waals surface area contributed by atoms with Gasteiger partial charge in [-0.1, -0.05) is 0 Å². The van der Waals surface area contributed by atoms with Gasteiger partial charge in [0.25, 0.3) is 0 Å². The van der Waals surface area contributed by atoms with E-state index in [1.54, 1.807) is 0 Å². The number of hydrogen-bond donors (Lipinski definition) is 0. The minimum absolute atomic E-state index is 0.208. The molecule has 1 aromatic rings. The van der Waals surface area contributed by atoms with Gasteiger partial charge in [0.1, 0.15) is 12.4 Å². The van der Waals surface area contributed by atoms with Crippen LogP contribution in [0.25, 0.3) is 0 Å². The Morgan fingerprint density at radius 3 is 2.29 bits per heavy atom. The molecule has 0 radical (unpaired) electrons. The summed E-state index contributed by atoms with van der Waals surface area (Å²) in [7, 11) is -2.47. The first-order valence-electron chi connectivity index (χ1n) is 4.64. The molecule has 17 heavy (non-hydrogen) atoms. The fourth-order valence-corrected chi connectivity index (χ4v) is 2.03. The first kappa shape index (κ1) is 13.4. The van der Waals surface area contributed by atoms with Crippen LogP contribution >= 0.6 is 0 Å². The molecule has 0 fully saturated rings. The van der Waals surface area contributed by atoms with Gasteiger partial charge in [-0.25, -0.2) is 12.8 Å². The van der Waals surface area contributed by atoms with Crippen LogP contribution in [0.2, 0.25) is 0 Å². The van der Waals surface area contributed by atoms with Gasteiger partial charge in [0, 0.05) is 0 Å². The second-order valence-corrected chi connectivity index (χ2v) is 5.23. The second kappa shape index (κ2) is 5.13. The predicted molar refractivity (Wildman–Crippen MR) is 60.6 cm³/mol. The summed E-state index contributed by atoms with van der Waals surface area (Å²) in [5.74, 6) is -1.18. The Kier molecular flexibility index (Phi) is 4.06. The van der Waals surface area contributed by atoms with E-state index in [4.69, 9.17) is 0 Å². The topological polar surface area (TPSA) is 63.7 Å². The molecule has 0 heterocycles. The van der Waals surface area contributed by atoms with Crippen LogP contribution in [-0.4, -0.2) is 34.3 Å². The Bertz CT molecular complexity index is 498. The van der Waals surface area contributed by atoms with Crippen molar-refractivity contribution in [3.63, 3.8) is 0 Å².